The highest BCUT2D eigenvalue weighted by Gasteiger charge is 2.14. The molecule has 0 atom stereocenters. The van der Waals surface area contributed by atoms with Crippen LogP contribution >= 0.6 is 11.6 Å². The zero-order chi connectivity index (χ0) is 15.9. The van der Waals surface area contributed by atoms with Crippen LogP contribution in [0, 0.1) is 10.1 Å². The molecule has 0 fully saturated rings. The van der Waals surface area contributed by atoms with Crippen LogP contribution in [0.3, 0.4) is 0 Å². The number of carbonyl (C=O) groups excluding carboxylic acids is 1. The molecule has 0 N–H and O–H groups in total. The van der Waals surface area contributed by atoms with E-state index in [9.17, 15) is 14.9 Å². The minimum atomic E-state index is -0.729. The highest BCUT2D eigenvalue weighted by atomic mass is 35.5. The van der Waals surface area contributed by atoms with Crippen LogP contribution in [0.1, 0.15) is 21.5 Å². The van der Waals surface area contributed by atoms with Gasteiger partial charge in [-0.25, -0.2) is 4.79 Å². The van der Waals surface area contributed by atoms with Crippen molar-refractivity contribution in [2.45, 2.75) is 6.61 Å². The zero-order valence-corrected chi connectivity index (χ0v) is 12.2. The minimum Gasteiger partial charge on any atom is -0.457 e. The van der Waals surface area contributed by atoms with Crippen LogP contribution < -0.4 is 0 Å². The number of nitro groups is 1. The number of carbonyl (C=O) groups is 1. The minimum absolute atomic E-state index is 0.126. The molecule has 0 bridgehead atoms. The monoisotopic (exact) mass is 317 g/mol. The summed E-state index contributed by atoms with van der Waals surface area (Å²) in [6.07, 6.45) is 1.13. The highest BCUT2D eigenvalue weighted by Crippen LogP contribution is 2.17. The molecule has 0 saturated carbocycles. The Morgan fingerprint density at radius 2 is 1.77 bits per heavy atom. The molecule has 5 nitrogen and oxygen atoms in total. The third-order valence-corrected chi connectivity index (χ3v) is 3.09. The van der Waals surface area contributed by atoms with Gasteiger partial charge in [0.05, 0.1) is 10.5 Å². The molecule has 6 heteroatoms. The lowest BCUT2D eigenvalue weighted by Gasteiger charge is -2.07. The molecular formula is C16H12ClNO4. The highest BCUT2D eigenvalue weighted by molar-refractivity contribution is 6.30. The van der Waals surface area contributed by atoms with Gasteiger partial charge in [-0.05, 0) is 28.8 Å². The number of hydrogen-bond acceptors (Lipinski definition) is 4. The number of ether oxygens (including phenoxy) is 1. The molecule has 0 saturated heterocycles. The van der Waals surface area contributed by atoms with Crippen molar-refractivity contribution in [2.24, 2.45) is 0 Å². The lowest BCUT2D eigenvalue weighted by atomic mass is 10.1. The standard InChI is InChI=1S/C16H12ClNO4/c17-15(18(20)21)10-13-8-4-5-9-14(13)16(19)22-11-12-6-2-1-3-7-12/h1-10H,11H2/b15-10+. The van der Waals surface area contributed by atoms with Crippen LogP contribution in [-0.2, 0) is 11.3 Å². The Bertz CT molecular complexity index is 713. The second kappa shape index (κ2) is 7.38. The molecular weight excluding hydrogens is 306 g/mol. The van der Waals surface area contributed by atoms with Crippen molar-refractivity contribution < 1.29 is 14.5 Å². The van der Waals surface area contributed by atoms with E-state index in [4.69, 9.17) is 16.3 Å². The summed E-state index contributed by atoms with van der Waals surface area (Å²) in [5.41, 5.74) is 1.41. The van der Waals surface area contributed by atoms with Crippen LogP contribution in [0.15, 0.2) is 59.8 Å². The normalized spacial score (nSPS) is 11.0. The van der Waals surface area contributed by atoms with Gasteiger partial charge in [0.15, 0.2) is 0 Å². The number of esters is 1. The van der Waals surface area contributed by atoms with Crippen molar-refractivity contribution in [3.8, 4) is 0 Å². The fourth-order valence-electron chi connectivity index (χ4n) is 1.79. The van der Waals surface area contributed by atoms with E-state index in [1.807, 2.05) is 30.3 Å². The van der Waals surface area contributed by atoms with Gasteiger partial charge in [-0.15, -0.1) is 0 Å². The quantitative estimate of drug-likeness (QED) is 0.363. The van der Waals surface area contributed by atoms with Gasteiger partial charge < -0.3 is 4.74 Å². The first-order chi connectivity index (χ1) is 10.6. The summed E-state index contributed by atoms with van der Waals surface area (Å²) < 4.78 is 5.22. The first kappa shape index (κ1) is 15.7. The van der Waals surface area contributed by atoms with Crippen molar-refractivity contribution in [2.75, 3.05) is 0 Å². The lowest BCUT2D eigenvalue weighted by Crippen LogP contribution is -2.07. The van der Waals surface area contributed by atoms with E-state index in [-0.39, 0.29) is 12.2 Å². The van der Waals surface area contributed by atoms with Crippen molar-refractivity contribution in [3.63, 3.8) is 0 Å². The topological polar surface area (TPSA) is 69.4 Å². The Labute approximate surface area is 131 Å². The van der Waals surface area contributed by atoms with Crippen LogP contribution in [0.4, 0.5) is 0 Å². The summed E-state index contributed by atoms with van der Waals surface area (Å²) in [5.74, 6) is -0.566. The fourth-order valence-corrected chi connectivity index (χ4v) is 1.91. The number of hydrogen-bond donors (Lipinski definition) is 0. The molecule has 2 aromatic rings. The van der Waals surface area contributed by atoms with E-state index in [1.54, 1.807) is 18.2 Å². The first-order valence-electron chi connectivity index (χ1n) is 6.39. The second-order valence-corrected chi connectivity index (χ2v) is 4.76. The molecule has 0 unspecified atom stereocenters. The van der Waals surface area contributed by atoms with Crippen LogP contribution in [0.2, 0.25) is 0 Å². The Balaban J connectivity index is 2.16. The van der Waals surface area contributed by atoms with Gasteiger partial charge in [0.2, 0.25) is 0 Å². The van der Waals surface area contributed by atoms with Crippen LogP contribution in [0.25, 0.3) is 6.08 Å². The van der Waals surface area contributed by atoms with E-state index in [0.29, 0.717) is 5.56 Å². The zero-order valence-electron chi connectivity index (χ0n) is 11.4. The number of nitrogens with zero attached hydrogens (tertiary/aromatic N) is 1. The molecule has 2 rings (SSSR count). The lowest BCUT2D eigenvalue weighted by molar-refractivity contribution is -0.410. The fraction of sp³-hybridized carbons (Fsp3) is 0.0625. The maximum atomic E-state index is 12.1. The average Bonchev–Trinajstić information content (AvgIpc) is 2.54. The van der Waals surface area contributed by atoms with Gasteiger partial charge in [-0.2, -0.15) is 0 Å². The van der Waals surface area contributed by atoms with Gasteiger partial charge in [0, 0.05) is 6.08 Å². The number of benzene rings is 2. The maximum Gasteiger partial charge on any atom is 0.339 e. The van der Waals surface area contributed by atoms with Crippen LogP contribution in [-0.4, -0.2) is 10.9 Å². The SMILES string of the molecule is O=C(OCc1ccccc1)c1ccccc1/C=C(\Cl)[N+](=O)[O-]. The molecule has 0 radical (unpaired) electrons. The summed E-state index contributed by atoms with van der Waals surface area (Å²) in [6.45, 7) is 0.126. The van der Waals surface area contributed by atoms with Crippen molar-refractivity contribution in [1.82, 2.24) is 0 Å². The first-order valence-corrected chi connectivity index (χ1v) is 6.77. The molecule has 0 aliphatic carbocycles. The van der Waals surface area contributed by atoms with Crippen molar-refractivity contribution in [3.05, 3.63) is 86.6 Å². The Kier molecular flexibility index (Phi) is 5.27. The summed E-state index contributed by atoms with van der Waals surface area (Å²) in [5, 5.41) is 10.0. The van der Waals surface area contributed by atoms with E-state index < -0.39 is 16.0 Å². The Morgan fingerprint density at radius 1 is 1.14 bits per heavy atom. The number of halogens is 1. The summed E-state index contributed by atoms with van der Waals surface area (Å²) in [6, 6.07) is 15.6. The largest absolute Gasteiger partial charge is 0.457 e. The van der Waals surface area contributed by atoms with Gasteiger partial charge in [0.1, 0.15) is 6.61 Å². The summed E-state index contributed by atoms with van der Waals surface area (Å²) in [7, 11) is 0. The van der Waals surface area contributed by atoms with Crippen LogP contribution in [0.5, 0.6) is 0 Å². The Morgan fingerprint density at radius 3 is 2.45 bits per heavy atom. The van der Waals surface area contributed by atoms with E-state index >= 15 is 0 Å². The molecule has 22 heavy (non-hydrogen) atoms. The van der Waals surface area contributed by atoms with Gasteiger partial charge in [-0.1, -0.05) is 48.5 Å². The molecule has 0 aliphatic heterocycles. The smallest absolute Gasteiger partial charge is 0.339 e. The molecule has 112 valence electrons. The molecule has 0 amide bonds. The second-order valence-electron chi connectivity index (χ2n) is 4.37. The van der Waals surface area contributed by atoms with E-state index in [2.05, 4.69) is 0 Å². The molecule has 0 aromatic heterocycles. The van der Waals surface area contributed by atoms with Crippen molar-refractivity contribution >= 4 is 23.6 Å². The average molecular weight is 318 g/mol. The molecule has 0 heterocycles. The third-order valence-electron chi connectivity index (χ3n) is 2.84. The molecule has 0 spiro atoms. The molecule has 2 aromatic carbocycles. The molecule has 0 aliphatic rings. The van der Waals surface area contributed by atoms with E-state index in [0.717, 1.165) is 11.6 Å². The van der Waals surface area contributed by atoms with Gasteiger partial charge >= 0.3 is 11.1 Å². The predicted octanol–water partition coefficient (Wildman–Crippen LogP) is 3.86. The van der Waals surface area contributed by atoms with Gasteiger partial charge in [0.25, 0.3) is 0 Å². The van der Waals surface area contributed by atoms with Gasteiger partial charge in [-0.3, -0.25) is 10.1 Å². The third kappa shape index (κ3) is 4.17. The predicted molar refractivity (Wildman–Crippen MR) is 82.8 cm³/mol. The van der Waals surface area contributed by atoms with E-state index in [1.165, 1.54) is 6.07 Å². The summed E-state index contributed by atoms with van der Waals surface area (Å²) >= 11 is 5.51. The number of rotatable bonds is 5. The summed E-state index contributed by atoms with van der Waals surface area (Å²) in [4.78, 5) is 22.0. The Hall–Kier alpha value is -2.66. The maximum absolute atomic E-state index is 12.1. The van der Waals surface area contributed by atoms with Crippen molar-refractivity contribution in [1.29, 1.82) is 0 Å².